The number of carbonyl (C=O) groups is 1. The molecule has 3 aromatic heterocycles. The van der Waals surface area contributed by atoms with E-state index in [0.29, 0.717) is 35.3 Å². The van der Waals surface area contributed by atoms with E-state index in [1.165, 1.54) is 0 Å². The van der Waals surface area contributed by atoms with E-state index in [1.54, 1.807) is 29.2 Å². The fourth-order valence-corrected chi connectivity index (χ4v) is 4.55. The summed E-state index contributed by atoms with van der Waals surface area (Å²) in [6, 6.07) is 3.70. The minimum atomic E-state index is -0.124. The highest BCUT2D eigenvalue weighted by molar-refractivity contribution is 6.30. The molecular weight excluding hydrogens is 402 g/mol. The van der Waals surface area contributed by atoms with Gasteiger partial charge in [-0.25, -0.2) is 4.79 Å². The van der Waals surface area contributed by atoms with Crippen molar-refractivity contribution < 1.29 is 4.79 Å². The van der Waals surface area contributed by atoms with Crippen LogP contribution in [-0.2, 0) is 13.1 Å². The van der Waals surface area contributed by atoms with Gasteiger partial charge < -0.3 is 5.32 Å². The molecule has 4 rings (SSSR count). The number of imidazole rings is 1. The number of hydrogen-bond donors (Lipinski definition) is 1. The van der Waals surface area contributed by atoms with Gasteiger partial charge in [-0.05, 0) is 57.6 Å². The summed E-state index contributed by atoms with van der Waals surface area (Å²) in [5.74, 6) is 0.287. The van der Waals surface area contributed by atoms with Crippen molar-refractivity contribution >= 4 is 28.5 Å². The van der Waals surface area contributed by atoms with Gasteiger partial charge in [-0.2, -0.15) is 0 Å². The van der Waals surface area contributed by atoms with Crippen molar-refractivity contribution in [3.63, 3.8) is 0 Å². The van der Waals surface area contributed by atoms with E-state index in [2.05, 4.69) is 15.3 Å². The molecule has 1 saturated carbocycles. The zero-order valence-corrected chi connectivity index (χ0v) is 18.0. The number of hydrogen-bond acceptors (Lipinski definition) is 4. The first-order valence-electron chi connectivity index (χ1n) is 10.4. The van der Waals surface area contributed by atoms with Gasteiger partial charge in [0.05, 0.1) is 33.5 Å². The van der Waals surface area contributed by atoms with Gasteiger partial charge in [0.1, 0.15) is 0 Å². The third-order valence-corrected chi connectivity index (χ3v) is 6.26. The van der Waals surface area contributed by atoms with Gasteiger partial charge in [-0.3, -0.25) is 23.9 Å². The van der Waals surface area contributed by atoms with Crippen molar-refractivity contribution in [3.05, 3.63) is 57.5 Å². The first-order chi connectivity index (χ1) is 14.5. The van der Waals surface area contributed by atoms with Crippen LogP contribution in [0.25, 0.3) is 11.0 Å². The number of nitrogens with one attached hydrogen (secondary N) is 1. The number of pyridine rings is 2. The van der Waals surface area contributed by atoms with Crippen LogP contribution < -0.4 is 11.0 Å². The van der Waals surface area contributed by atoms with Crippen LogP contribution in [0, 0.1) is 12.8 Å². The number of rotatable bonds is 5. The first kappa shape index (κ1) is 20.6. The summed E-state index contributed by atoms with van der Waals surface area (Å²) < 4.78 is 3.65. The van der Waals surface area contributed by atoms with Crippen molar-refractivity contribution in [1.29, 1.82) is 0 Å². The summed E-state index contributed by atoms with van der Waals surface area (Å²) >= 11 is 5.99. The third kappa shape index (κ3) is 3.99. The molecule has 3 aromatic rings. The highest BCUT2D eigenvalue weighted by Crippen LogP contribution is 2.27. The Morgan fingerprint density at radius 3 is 2.70 bits per heavy atom. The summed E-state index contributed by atoms with van der Waals surface area (Å²) in [4.78, 5) is 33.8. The molecule has 0 saturated heterocycles. The summed E-state index contributed by atoms with van der Waals surface area (Å²) in [5.41, 5.74) is 3.05. The maximum absolute atomic E-state index is 12.8. The van der Waals surface area contributed by atoms with E-state index in [0.717, 1.165) is 36.7 Å². The SMILES string of the molecule is CCn1c(=O)n(CC2CCC(NC(=O)c3cc(Cl)cnc3C)CC2)c2ccncc21. The van der Waals surface area contributed by atoms with E-state index in [-0.39, 0.29) is 17.6 Å². The van der Waals surface area contributed by atoms with Crippen LogP contribution in [0.5, 0.6) is 0 Å². The summed E-state index contributed by atoms with van der Waals surface area (Å²) in [6.07, 6.45) is 8.76. The summed E-state index contributed by atoms with van der Waals surface area (Å²) in [6.45, 7) is 5.11. The van der Waals surface area contributed by atoms with Crippen molar-refractivity contribution in [3.8, 4) is 0 Å². The summed E-state index contributed by atoms with van der Waals surface area (Å²) in [7, 11) is 0. The Morgan fingerprint density at radius 1 is 1.20 bits per heavy atom. The average molecular weight is 428 g/mol. The Morgan fingerprint density at radius 2 is 1.97 bits per heavy atom. The molecule has 8 heteroatoms. The number of fused-ring (bicyclic) bond motifs is 1. The molecule has 1 aliphatic carbocycles. The molecule has 0 aromatic carbocycles. The number of amides is 1. The smallest absolute Gasteiger partial charge is 0.329 e. The molecule has 3 heterocycles. The lowest BCUT2D eigenvalue weighted by atomic mass is 9.85. The van der Waals surface area contributed by atoms with Crippen LogP contribution in [0.3, 0.4) is 0 Å². The molecule has 0 atom stereocenters. The molecule has 1 amide bonds. The van der Waals surface area contributed by atoms with E-state index in [1.807, 2.05) is 24.5 Å². The fraction of sp³-hybridized carbons (Fsp3) is 0.455. The second-order valence-corrected chi connectivity index (χ2v) is 8.42. The molecule has 7 nitrogen and oxygen atoms in total. The monoisotopic (exact) mass is 427 g/mol. The van der Waals surface area contributed by atoms with E-state index < -0.39 is 0 Å². The number of aromatic nitrogens is 4. The molecule has 0 radical (unpaired) electrons. The number of nitrogens with zero attached hydrogens (tertiary/aromatic N) is 4. The van der Waals surface area contributed by atoms with Gasteiger partial charge in [0.2, 0.25) is 0 Å². The van der Waals surface area contributed by atoms with Crippen molar-refractivity contribution in [2.75, 3.05) is 0 Å². The zero-order chi connectivity index (χ0) is 21.3. The predicted octanol–water partition coefficient (Wildman–Crippen LogP) is 3.56. The highest BCUT2D eigenvalue weighted by Gasteiger charge is 2.25. The Labute approximate surface area is 180 Å². The molecular formula is C22H26ClN5O2. The van der Waals surface area contributed by atoms with Gasteiger partial charge in [0.25, 0.3) is 5.91 Å². The van der Waals surface area contributed by atoms with Crippen molar-refractivity contribution in [1.82, 2.24) is 24.4 Å². The van der Waals surface area contributed by atoms with Crippen LogP contribution in [0.1, 0.15) is 48.7 Å². The van der Waals surface area contributed by atoms with Crippen LogP contribution in [0.2, 0.25) is 5.02 Å². The topological polar surface area (TPSA) is 81.8 Å². The van der Waals surface area contributed by atoms with Crippen LogP contribution in [0.4, 0.5) is 0 Å². The standard InChI is InChI=1S/C22H26ClN5O2/c1-3-27-20-12-24-9-8-19(20)28(22(27)30)13-15-4-6-17(7-5-15)26-21(29)18-10-16(23)11-25-14(18)2/h8-12,15,17H,3-7,13H2,1-2H3,(H,26,29). The number of halogens is 1. The lowest BCUT2D eigenvalue weighted by Crippen LogP contribution is -2.39. The predicted molar refractivity (Wildman–Crippen MR) is 117 cm³/mol. The lowest BCUT2D eigenvalue weighted by molar-refractivity contribution is 0.0919. The number of aryl methyl sites for hydroxylation is 2. The molecule has 0 bridgehead atoms. The quantitative estimate of drug-likeness (QED) is 0.674. The Kier molecular flexibility index (Phi) is 5.90. The average Bonchev–Trinajstić information content (AvgIpc) is 3.02. The molecule has 0 unspecified atom stereocenters. The van der Waals surface area contributed by atoms with Gasteiger partial charge in [-0.1, -0.05) is 11.6 Å². The molecule has 0 aliphatic heterocycles. The molecule has 158 valence electrons. The highest BCUT2D eigenvalue weighted by atomic mass is 35.5. The van der Waals surface area contributed by atoms with Gasteiger partial charge in [0.15, 0.2) is 0 Å². The Balaban J connectivity index is 1.41. The van der Waals surface area contributed by atoms with Crippen LogP contribution in [0.15, 0.2) is 35.5 Å². The van der Waals surface area contributed by atoms with Crippen LogP contribution in [-0.4, -0.2) is 31.1 Å². The van der Waals surface area contributed by atoms with E-state index in [9.17, 15) is 9.59 Å². The fourth-order valence-electron chi connectivity index (χ4n) is 4.40. The van der Waals surface area contributed by atoms with E-state index >= 15 is 0 Å². The van der Waals surface area contributed by atoms with Gasteiger partial charge in [0, 0.05) is 31.5 Å². The van der Waals surface area contributed by atoms with Crippen molar-refractivity contribution in [2.24, 2.45) is 5.92 Å². The van der Waals surface area contributed by atoms with E-state index in [4.69, 9.17) is 11.6 Å². The Bertz CT molecular complexity index is 1130. The molecule has 30 heavy (non-hydrogen) atoms. The zero-order valence-electron chi connectivity index (χ0n) is 17.3. The first-order valence-corrected chi connectivity index (χ1v) is 10.8. The Hall–Kier alpha value is -2.67. The molecule has 1 N–H and O–H groups in total. The molecule has 1 fully saturated rings. The minimum Gasteiger partial charge on any atom is -0.349 e. The summed E-state index contributed by atoms with van der Waals surface area (Å²) in [5, 5.41) is 3.58. The van der Waals surface area contributed by atoms with Crippen molar-refractivity contribution in [2.45, 2.75) is 58.7 Å². The molecule has 1 aliphatic rings. The van der Waals surface area contributed by atoms with Gasteiger partial charge in [-0.15, -0.1) is 0 Å². The molecule has 0 spiro atoms. The normalized spacial score (nSPS) is 19.2. The second-order valence-electron chi connectivity index (χ2n) is 7.98. The van der Waals surface area contributed by atoms with Gasteiger partial charge >= 0.3 is 5.69 Å². The second kappa shape index (κ2) is 8.60. The lowest BCUT2D eigenvalue weighted by Gasteiger charge is -2.29. The maximum atomic E-state index is 12.8. The third-order valence-electron chi connectivity index (χ3n) is 6.06. The van der Waals surface area contributed by atoms with Crippen LogP contribution >= 0.6 is 11.6 Å². The largest absolute Gasteiger partial charge is 0.349 e. The maximum Gasteiger partial charge on any atom is 0.329 e. The number of carbonyl (C=O) groups excluding carboxylic acids is 1. The minimum absolute atomic E-state index is 0.0276.